The lowest BCUT2D eigenvalue weighted by Crippen LogP contribution is -2.20. The van der Waals surface area contributed by atoms with Crippen LogP contribution in [0.4, 0.5) is 5.69 Å². The van der Waals surface area contributed by atoms with Gasteiger partial charge in [0.15, 0.2) is 0 Å². The summed E-state index contributed by atoms with van der Waals surface area (Å²) in [7, 11) is 0. The minimum Gasteiger partial charge on any atom is -0.480 e. The molecule has 2 aromatic rings. The fourth-order valence-corrected chi connectivity index (χ4v) is 1.44. The highest BCUT2D eigenvalue weighted by atomic mass is 16.5. The number of amides is 1. The molecule has 0 saturated carbocycles. The Morgan fingerprint density at radius 3 is 2.80 bits per heavy atom. The van der Waals surface area contributed by atoms with Gasteiger partial charge < -0.3 is 15.2 Å². The molecule has 2 heterocycles. The molecule has 0 fully saturated rings. The van der Waals surface area contributed by atoms with E-state index in [9.17, 15) is 9.59 Å². The van der Waals surface area contributed by atoms with Gasteiger partial charge >= 0.3 is 5.97 Å². The van der Waals surface area contributed by atoms with Crippen molar-refractivity contribution in [3.05, 3.63) is 37.1 Å². The van der Waals surface area contributed by atoms with Gasteiger partial charge in [0, 0.05) is 12.4 Å². The lowest BCUT2D eigenvalue weighted by molar-refractivity contribution is -0.143. The van der Waals surface area contributed by atoms with E-state index >= 15 is 0 Å². The minimum atomic E-state index is -1.12. The summed E-state index contributed by atoms with van der Waals surface area (Å²) < 4.78 is 6.39. The van der Waals surface area contributed by atoms with Crippen LogP contribution in [-0.4, -0.2) is 44.7 Å². The van der Waals surface area contributed by atoms with Gasteiger partial charge in [-0.05, 0) is 12.1 Å². The van der Waals surface area contributed by atoms with Gasteiger partial charge in [-0.15, -0.1) is 0 Å². The highest BCUT2D eigenvalue weighted by Gasteiger charge is 2.05. The minimum absolute atomic E-state index is 0.324. The molecular formula is C12H12N4O4. The predicted octanol–water partition coefficient (Wildman–Crippen LogP) is 0.307. The highest BCUT2D eigenvalue weighted by molar-refractivity contribution is 5.91. The maximum atomic E-state index is 11.4. The number of aromatic nitrogens is 3. The Morgan fingerprint density at radius 2 is 2.20 bits per heavy atom. The number of aliphatic carboxylic acids is 1. The van der Waals surface area contributed by atoms with Crippen molar-refractivity contribution in [1.29, 1.82) is 0 Å². The zero-order chi connectivity index (χ0) is 14.4. The molecule has 20 heavy (non-hydrogen) atoms. The van der Waals surface area contributed by atoms with E-state index in [2.05, 4.69) is 20.0 Å². The Balaban J connectivity index is 1.87. The molecule has 104 valence electrons. The zero-order valence-corrected chi connectivity index (χ0v) is 10.4. The molecule has 0 atom stereocenters. The van der Waals surface area contributed by atoms with Crippen LogP contribution < -0.4 is 5.32 Å². The van der Waals surface area contributed by atoms with Crippen molar-refractivity contribution in [2.24, 2.45) is 0 Å². The van der Waals surface area contributed by atoms with Gasteiger partial charge in [0.05, 0.1) is 11.9 Å². The molecule has 0 aromatic carbocycles. The van der Waals surface area contributed by atoms with Crippen molar-refractivity contribution in [2.75, 3.05) is 18.5 Å². The molecular weight excluding hydrogens is 264 g/mol. The summed E-state index contributed by atoms with van der Waals surface area (Å²) in [5.74, 6) is -0.893. The van der Waals surface area contributed by atoms with E-state index in [1.165, 1.54) is 6.20 Å². The molecule has 8 nitrogen and oxygen atoms in total. The summed E-state index contributed by atoms with van der Waals surface area (Å²) >= 11 is 0. The van der Waals surface area contributed by atoms with E-state index in [1.54, 1.807) is 35.4 Å². The fraction of sp³-hybridized carbons (Fsp3) is 0.167. The van der Waals surface area contributed by atoms with Gasteiger partial charge in [0.1, 0.15) is 25.4 Å². The van der Waals surface area contributed by atoms with E-state index in [4.69, 9.17) is 5.11 Å². The number of carboxylic acid groups (broad SMARTS) is 1. The molecule has 0 spiro atoms. The number of hydrogen-bond donors (Lipinski definition) is 2. The summed E-state index contributed by atoms with van der Waals surface area (Å²) in [6, 6.07) is 3.40. The SMILES string of the molecule is O=C(O)COCC(=O)Nc1ccc(-n2ccnc2)nc1. The fourth-order valence-electron chi connectivity index (χ4n) is 1.44. The van der Waals surface area contributed by atoms with Crippen LogP contribution in [0.2, 0.25) is 0 Å². The highest BCUT2D eigenvalue weighted by Crippen LogP contribution is 2.09. The van der Waals surface area contributed by atoms with Crippen LogP contribution in [0.25, 0.3) is 5.82 Å². The van der Waals surface area contributed by atoms with Crippen molar-refractivity contribution in [3.8, 4) is 5.82 Å². The third kappa shape index (κ3) is 3.89. The molecule has 2 rings (SSSR count). The molecule has 0 aliphatic carbocycles. The Labute approximate surface area is 114 Å². The van der Waals surface area contributed by atoms with Crippen LogP contribution in [0, 0.1) is 0 Å². The number of rotatable bonds is 6. The maximum absolute atomic E-state index is 11.4. The first-order valence-corrected chi connectivity index (χ1v) is 5.69. The average molecular weight is 276 g/mol. The molecule has 0 radical (unpaired) electrons. The standard InChI is InChI=1S/C12H12N4O4/c17-11(6-20-7-12(18)19)15-9-1-2-10(14-5-9)16-4-3-13-8-16/h1-5,8H,6-7H2,(H,15,17)(H,18,19). The van der Waals surface area contributed by atoms with Gasteiger partial charge in [-0.3, -0.25) is 9.36 Å². The second kappa shape index (κ2) is 6.43. The number of anilines is 1. The normalized spacial score (nSPS) is 10.2. The average Bonchev–Trinajstić information content (AvgIpc) is 2.93. The van der Waals surface area contributed by atoms with E-state index in [0.29, 0.717) is 11.5 Å². The Hall–Kier alpha value is -2.74. The van der Waals surface area contributed by atoms with Crippen molar-refractivity contribution >= 4 is 17.6 Å². The third-order valence-corrected chi connectivity index (χ3v) is 2.26. The molecule has 8 heteroatoms. The number of carbonyl (C=O) groups excluding carboxylic acids is 1. The largest absolute Gasteiger partial charge is 0.480 e. The molecule has 0 aliphatic heterocycles. The molecule has 2 N–H and O–H groups in total. The quantitative estimate of drug-likeness (QED) is 0.786. The maximum Gasteiger partial charge on any atom is 0.329 e. The van der Waals surface area contributed by atoms with E-state index < -0.39 is 18.5 Å². The molecule has 0 unspecified atom stereocenters. The van der Waals surface area contributed by atoms with Gasteiger partial charge in [0.2, 0.25) is 5.91 Å². The van der Waals surface area contributed by atoms with Crippen LogP contribution in [0.5, 0.6) is 0 Å². The number of hydrogen-bond acceptors (Lipinski definition) is 5. The van der Waals surface area contributed by atoms with E-state index in [0.717, 1.165) is 0 Å². The first kappa shape index (κ1) is 13.7. The number of nitrogens with zero attached hydrogens (tertiary/aromatic N) is 3. The smallest absolute Gasteiger partial charge is 0.329 e. The van der Waals surface area contributed by atoms with Crippen molar-refractivity contribution < 1.29 is 19.4 Å². The number of ether oxygens (including phenoxy) is 1. The topological polar surface area (TPSA) is 106 Å². The summed E-state index contributed by atoms with van der Waals surface area (Å²) in [6.45, 7) is -0.833. The first-order chi connectivity index (χ1) is 9.65. The molecule has 0 bridgehead atoms. The second-order valence-electron chi connectivity index (χ2n) is 3.81. The Kier molecular flexibility index (Phi) is 4.40. The van der Waals surface area contributed by atoms with Crippen LogP contribution in [0.15, 0.2) is 37.1 Å². The van der Waals surface area contributed by atoms with Gasteiger partial charge in [-0.25, -0.2) is 14.8 Å². The van der Waals surface area contributed by atoms with Crippen LogP contribution >= 0.6 is 0 Å². The summed E-state index contributed by atoms with van der Waals surface area (Å²) in [5, 5.41) is 10.9. The van der Waals surface area contributed by atoms with Gasteiger partial charge in [-0.2, -0.15) is 0 Å². The molecule has 1 amide bonds. The number of carboxylic acids is 1. The van der Waals surface area contributed by atoms with Crippen molar-refractivity contribution in [1.82, 2.24) is 14.5 Å². The first-order valence-electron chi connectivity index (χ1n) is 5.69. The lowest BCUT2D eigenvalue weighted by atomic mass is 10.4. The predicted molar refractivity (Wildman–Crippen MR) is 68.4 cm³/mol. The van der Waals surface area contributed by atoms with Crippen LogP contribution in [0.1, 0.15) is 0 Å². The monoisotopic (exact) mass is 276 g/mol. The van der Waals surface area contributed by atoms with Crippen LogP contribution in [-0.2, 0) is 14.3 Å². The van der Waals surface area contributed by atoms with Crippen molar-refractivity contribution in [3.63, 3.8) is 0 Å². The van der Waals surface area contributed by atoms with E-state index in [1.807, 2.05) is 0 Å². The molecule has 0 saturated heterocycles. The van der Waals surface area contributed by atoms with E-state index in [-0.39, 0.29) is 6.61 Å². The van der Waals surface area contributed by atoms with Gasteiger partial charge in [0.25, 0.3) is 0 Å². The number of imidazole rings is 1. The third-order valence-electron chi connectivity index (χ3n) is 2.26. The zero-order valence-electron chi connectivity index (χ0n) is 10.4. The number of pyridine rings is 1. The lowest BCUT2D eigenvalue weighted by Gasteiger charge is -2.06. The summed E-state index contributed by atoms with van der Waals surface area (Å²) in [4.78, 5) is 29.7. The Bertz CT molecular complexity index is 580. The number of carbonyl (C=O) groups is 2. The van der Waals surface area contributed by atoms with Crippen molar-refractivity contribution in [2.45, 2.75) is 0 Å². The second-order valence-corrected chi connectivity index (χ2v) is 3.81. The molecule has 0 aliphatic rings. The van der Waals surface area contributed by atoms with Crippen LogP contribution in [0.3, 0.4) is 0 Å². The summed E-state index contributed by atoms with van der Waals surface area (Å²) in [6.07, 6.45) is 6.49. The number of nitrogens with one attached hydrogen (secondary N) is 1. The Morgan fingerprint density at radius 1 is 1.35 bits per heavy atom. The summed E-state index contributed by atoms with van der Waals surface area (Å²) in [5.41, 5.74) is 0.498. The van der Waals surface area contributed by atoms with Gasteiger partial charge in [-0.1, -0.05) is 0 Å². The molecule has 2 aromatic heterocycles.